The van der Waals surface area contributed by atoms with Gasteiger partial charge >= 0.3 is 0 Å². The first-order chi connectivity index (χ1) is 6.19. The second kappa shape index (κ2) is 4.17. The summed E-state index contributed by atoms with van der Waals surface area (Å²) in [5.74, 6) is 1.96. The van der Waals surface area contributed by atoms with Gasteiger partial charge in [-0.3, -0.25) is 0 Å². The topological polar surface area (TPSA) is 18.5 Å². The highest BCUT2D eigenvalue weighted by Crippen LogP contribution is 2.29. The van der Waals surface area contributed by atoms with Crippen LogP contribution in [0.25, 0.3) is 0 Å². The van der Waals surface area contributed by atoms with Gasteiger partial charge in [0.2, 0.25) is 0 Å². The molecule has 0 atom stereocenters. The smallest absolute Gasteiger partial charge is 0.161 e. The number of hydrogen-bond acceptors (Lipinski definition) is 2. The summed E-state index contributed by atoms with van der Waals surface area (Å²) in [6.07, 6.45) is 0. The monoisotopic (exact) mass is 179 g/mol. The molecule has 13 heavy (non-hydrogen) atoms. The average molecular weight is 179 g/mol. The number of methoxy groups -OCH3 is 2. The minimum absolute atomic E-state index is 0.458. The molecule has 0 N–H and O–H groups in total. The largest absolute Gasteiger partial charge is 0.493 e. The zero-order valence-corrected chi connectivity index (χ0v) is 8.55. The van der Waals surface area contributed by atoms with E-state index in [0.29, 0.717) is 5.92 Å². The molecule has 1 aromatic rings. The highest BCUT2D eigenvalue weighted by molar-refractivity contribution is 5.42. The van der Waals surface area contributed by atoms with Crippen molar-refractivity contribution in [1.29, 1.82) is 0 Å². The van der Waals surface area contributed by atoms with E-state index in [2.05, 4.69) is 19.9 Å². The van der Waals surface area contributed by atoms with Crippen molar-refractivity contribution in [3.05, 3.63) is 23.8 Å². The summed E-state index contributed by atoms with van der Waals surface area (Å²) in [5, 5.41) is 0. The number of ether oxygens (including phenoxy) is 2. The SMILES string of the molecule is COc1c[c]c(C(C)C)cc1OC. The first kappa shape index (κ1) is 9.90. The lowest BCUT2D eigenvalue weighted by molar-refractivity contribution is 0.354. The third kappa shape index (κ3) is 2.14. The van der Waals surface area contributed by atoms with Crippen LogP contribution >= 0.6 is 0 Å². The molecule has 1 rings (SSSR count). The van der Waals surface area contributed by atoms with Crippen LogP contribution in [0.4, 0.5) is 0 Å². The quantitative estimate of drug-likeness (QED) is 0.710. The van der Waals surface area contributed by atoms with E-state index in [9.17, 15) is 0 Å². The van der Waals surface area contributed by atoms with E-state index >= 15 is 0 Å². The fourth-order valence-corrected chi connectivity index (χ4v) is 1.13. The first-order valence-corrected chi connectivity index (χ1v) is 4.32. The first-order valence-electron chi connectivity index (χ1n) is 4.32. The fraction of sp³-hybridized carbons (Fsp3) is 0.455. The van der Waals surface area contributed by atoms with Gasteiger partial charge in [0.05, 0.1) is 14.2 Å². The highest BCUT2D eigenvalue weighted by atomic mass is 16.5. The molecule has 71 valence electrons. The van der Waals surface area contributed by atoms with E-state index in [4.69, 9.17) is 9.47 Å². The van der Waals surface area contributed by atoms with E-state index in [1.165, 1.54) is 0 Å². The van der Waals surface area contributed by atoms with Crippen LogP contribution in [-0.2, 0) is 0 Å². The van der Waals surface area contributed by atoms with E-state index in [-0.39, 0.29) is 0 Å². The van der Waals surface area contributed by atoms with Gasteiger partial charge in [-0.15, -0.1) is 0 Å². The minimum Gasteiger partial charge on any atom is -0.493 e. The Bertz CT molecular complexity index is 279. The third-order valence-corrected chi connectivity index (χ3v) is 1.96. The van der Waals surface area contributed by atoms with Gasteiger partial charge in [-0.05, 0) is 29.7 Å². The van der Waals surface area contributed by atoms with E-state index in [1.54, 1.807) is 14.2 Å². The van der Waals surface area contributed by atoms with Crippen molar-refractivity contribution in [3.63, 3.8) is 0 Å². The number of hydrogen-bond donors (Lipinski definition) is 0. The molecule has 0 fully saturated rings. The molecule has 2 nitrogen and oxygen atoms in total. The molecule has 1 radical (unpaired) electrons. The third-order valence-electron chi connectivity index (χ3n) is 1.96. The molecule has 0 unspecified atom stereocenters. The maximum Gasteiger partial charge on any atom is 0.161 e. The zero-order valence-electron chi connectivity index (χ0n) is 8.55. The molecule has 0 aromatic heterocycles. The van der Waals surface area contributed by atoms with Gasteiger partial charge in [-0.2, -0.15) is 0 Å². The van der Waals surface area contributed by atoms with Crippen LogP contribution in [-0.4, -0.2) is 14.2 Å². The maximum absolute atomic E-state index is 5.18. The molecule has 2 heteroatoms. The highest BCUT2D eigenvalue weighted by Gasteiger charge is 2.06. The summed E-state index contributed by atoms with van der Waals surface area (Å²) in [5.41, 5.74) is 1.14. The Labute approximate surface area is 79.5 Å². The Balaban J connectivity index is 3.05. The van der Waals surface area contributed by atoms with Gasteiger partial charge in [0, 0.05) is 0 Å². The van der Waals surface area contributed by atoms with E-state index in [0.717, 1.165) is 17.1 Å². The molecule has 0 aliphatic rings. The van der Waals surface area contributed by atoms with E-state index in [1.807, 2.05) is 12.1 Å². The predicted octanol–water partition coefficient (Wildman–Crippen LogP) is 2.63. The van der Waals surface area contributed by atoms with Crippen LogP contribution in [0.1, 0.15) is 25.3 Å². The fourth-order valence-electron chi connectivity index (χ4n) is 1.13. The van der Waals surface area contributed by atoms with Crippen molar-refractivity contribution in [2.75, 3.05) is 14.2 Å². The molecule has 0 aliphatic heterocycles. The van der Waals surface area contributed by atoms with Gasteiger partial charge in [0.25, 0.3) is 0 Å². The Morgan fingerprint density at radius 2 is 1.77 bits per heavy atom. The molecule has 1 aromatic carbocycles. The van der Waals surface area contributed by atoms with Gasteiger partial charge in [-0.25, -0.2) is 0 Å². The summed E-state index contributed by atoms with van der Waals surface area (Å²) in [6, 6.07) is 6.93. The Morgan fingerprint density at radius 1 is 1.15 bits per heavy atom. The van der Waals surface area contributed by atoms with Crippen LogP contribution in [0.2, 0.25) is 0 Å². The maximum atomic E-state index is 5.18. The van der Waals surface area contributed by atoms with Gasteiger partial charge in [-0.1, -0.05) is 13.8 Å². The van der Waals surface area contributed by atoms with E-state index < -0.39 is 0 Å². The Kier molecular flexibility index (Phi) is 3.18. The molecule has 0 saturated carbocycles. The van der Waals surface area contributed by atoms with Crippen molar-refractivity contribution in [2.24, 2.45) is 0 Å². The normalized spacial score (nSPS) is 10.2. The van der Waals surface area contributed by atoms with Gasteiger partial charge < -0.3 is 9.47 Å². The van der Waals surface area contributed by atoms with Crippen LogP contribution in [0, 0.1) is 6.07 Å². The van der Waals surface area contributed by atoms with Crippen LogP contribution < -0.4 is 9.47 Å². The summed E-state index contributed by atoms with van der Waals surface area (Å²) < 4.78 is 10.3. The standard InChI is InChI=1S/C11H15O2/c1-8(2)9-5-6-10(12-3)11(7-9)13-4/h6-8H,1-4H3. The molecule has 0 saturated heterocycles. The number of rotatable bonds is 3. The molecule has 0 heterocycles. The minimum atomic E-state index is 0.458. The van der Waals surface area contributed by atoms with Crippen molar-refractivity contribution >= 4 is 0 Å². The zero-order chi connectivity index (χ0) is 9.84. The van der Waals surface area contributed by atoms with Crippen molar-refractivity contribution in [1.82, 2.24) is 0 Å². The van der Waals surface area contributed by atoms with Crippen molar-refractivity contribution in [3.8, 4) is 11.5 Å². The van der Waals surface area contributed by atoms with Gasteiger partial charge in [0.1, 0.15) is 0 Å². The molecular weight excluding hydrogens is 164 g/mol. The Morgan fingerprint density at radius 3 is 2.23 bits per heavy atom. The molecular formula is C11H15O2. The summed E-state index contributed by atoms with van der Waals surface area (Å²) in [6.45, 7) is 4.25. The summed E-state index contributed by atoms with van der Waals surface area (Å²) >= 11 is 0. The Hall–Kier alpha value is -1.18. The molecule has 0 spiro atoms. The summed E-state index contributed by atoms with van der Waals surface area (Å²) in [4.78, 5) is 0. The van der Waals surface area contributed by atoms with Crippen LogP contribution in [0.3, 0.4) is 0 Å². The lowest BCUT2D eigenvalue weighted by Crippen LogP contribution is -1.93. The lowest BCUT2D eigenvalue weighted by Gasteiger charge is -2.10. The average Bonchev–Trinajstić information content (AvgIpc) is 2.16. The molecule has 0 amide bonds. The summed E-state index contributed by atoms with van der Waals surface area (Å²) in [7, 11) is 3.27. The lowest BCUT2D eigenvalue weighted by atomic mass is 10.0. The van der Waals surface area contributed by atoms with Crippen LogP contribution in [0.15, 0.2) is 12.1 Å². The second-order valence-electron chi connectivity index (χ2n) is 3.18. The predicted molar refractivity (Wildman–Crippen MR) is 52.5 cm³/mol. The molecule has 0 aliphatic carbocycles. The molecule has 0 bridgehead atoms. The van der Waals surface area contributed by atoms with Crippen molar-refractivity contribution in [2.45, 2.75) is 19.8 Å². The second-order valence-corrected chi connectivity index (χ2v) is 3.18. The number of benzene rings is 1. The van der Waals surface area contributed by atoms with Crippen molar-refractivity contribution < 1.29 is 9.47 Å². The van der Waals surface area contributed by atoms with Crippen LogP contribution in [0.5, 0.6) is 11.5 Å². The van der Waals surface area contributed by atoms with Gasteiger partial charge in [0.15, 0.2) is 11.5 Å².